The zero-order valence-electron chi connectivity index (χ0n) is 20.2. The van der Waals surface area contributed by atoms with Crippen LogP contribution in [0.15, 0.2) is 76.6 Å². The zero-order chi connectivity index (χ0) is 25.2. The fraction of sp³-hybridized carbons (Fsp3) is 0.222. The zero-order valence-corrected chi connectivity index (χ0v) is 20.9. The summed E-state index contributed by atoms with van der Waals surface area (Å²) in [4.78, 5) is 22.0. The fourth-order valence-corrected chi connectivity index (χ4v) is 4.47. The molecular weight excluding hydrogens is 462 g/mol. The Labute approximate surface area is 209 Å². The van der Waals surface area contributed by atoms with E-state index in [-0.39, 0.29) is 5.56 Å². The number of nitrogens with two attached hydrogens (primary N) is 1. The largest absolute Gasteiger partial charge is 0.497 e. The molecule has 4 aromatic rings. The summed E-state index contributed by atoms with van der Waals surface area (Å²) in [5.74, 6) is 0.698. The van der Waals surface area contributed by atoms with Crippen LogP contribution in [-0.4, -0.2) is 43.0 Å². The molecule has 0 aliphatic heterocycles. The number of hydrogen-bond donors (Lipinski definition) is 2. The van der Waals surface area contributed by atoms with E-state index in [4.69, 9.17) is 27.1 Å². The maximum Gasteiger partial charge on any atom is 0.252 e. The maximum absolute atomic E-state index is 12.8. The normalized spacial score (nSPS) is 13.6. The second-order valence-corrected chi connectivity index (χ2v) is 8.73. The van der Waals surface area contributed by atoms with Crippen LogP contribution >= 0.6 is 11.6 Å². The van der Waals surface area contributed by atoms with Crippen molar-refractivity contribution >= 4 is 28.3 Å². The van der Waals surface area contributed by atoms with Crippen LogP contribution in [0.2, 0.25) is 5.02 Å². The van der Waals surface area contributed by atoms with Gasteiger partial charge in [-0.25, -0.2) is 4.98 Å². The minimum Gasteiger partial charge on any atom is -0.497 e. The Bertz CT molecular complexity index is 1460. The van der Waals surface area contributed by atoms with E-state index in [2.05, 4.69) is 10.3 Å². The summed E-state index contributed by atoms with van der Waals surface area (Å²) in [6.45, 7) is 0.476. The lowest BCUT2D eigenvalue weighted by Gasteiger charge is -2.32. The van der Waals surface area contributed by atoms with Gasteiger partial charge >= 0.3 is 0 Å². The molecular formula is C27H28ClN5O2. The van der Waals surface area contributed by atoms with Crippen molar-refractivity contribution in [1.82, 2.24) is 14.9 Å². The molecule has 0 spiro atoms. The van der Waals surface area contributed by atoms with Gasteiger partial charge in [0.25, 0.3) is 5.56 Å². The first kappa shape index (κ1) is 24.6. The van der Waals surface area contributed by atoms with E-state index in [0.29, 0.717) is 23.0 Å². The van der Waals surface area contributed by atoms with Crippen molar-refractivity contribution in [2.45, 2.75) is 5.54 Å². The number of aromatic nitrogens is 2. The van der Waals surface area contributed by atoms with E-state index in [9.17, 15) is 4.79 Å². The Morgan fingerprint density at radius 2 is 1.91 bits per heavy atom. The smallest absolute Gasteiger partial charge is 0.252 e. The van der Waals surface area contributed by atoms with Gasteiger partial charge in [-0.2, -0.15) is 0 Å². The highest BCUT2D eigenvalue weighted by molar-refractivity contribution is 6.30. The number of aliphatic imine (C=N–C) groups is 1. The van der Waals surface area contributed by atoms with Gasteiger partial charge in [0.2, 0.25) is 0 Å². The monoisotopic (exact) mass is 489 g/mol. The molecule has 2 heterocycles. The minimum atomic E-state index is -1.08. The lowest BCUT2D eigenvalue weighted by atomic mass is 9.79. The fourth-order valence-electron chi connectivity index (χ4n) is 4.35. The Hall–Kier alpha value is -3.52. The second-order valence-electron chi connectivity index (χ2n) is 8.30. The average molecular weight is 490 g/mol. The van der Waals surface area contributed by atoms with Gasteiger partial charge in [0.1, 0.15) is 16.9 Å². The number of fused-ring (bicyclic) bond motifs is 1. The van der Waals surface area contributed by atoms with E-state index in [1.807, 2.05) is 61.6 Å². The lowest BCUT2D eigenvalue weighted by Crippen LogP contribution is -2.49. The van der Waals surface area contributed by atoms with Crippen molar-refractivity contribution in [3.8, 4) is 16.9 Å². The summed E-state index contributed by atoms with van der Waals surface area (Å²) >= 11 is 6.17. The summed E-state index contributed by atoms with van der Waals surface area (Å²) in [6.07, 6.45) is 1.71. The molecule has 4 rings (SSSR count). The highest BCUT2D eigenvalue weighted by Gasteiger charge is 2.36. The second kappa shape index (κ2) is 10.00. The maximum atomic E-state index is 12.8. The molecule has 1 atom stereocenters. The number of halogens is 1. The van der Waals surface area contributed by atoms with Gasteiger partial charge in [-0.05, 0) is 54.1 Å². The molecule has 180 valence electrons. The molecule has 7 nitrogen and oxygen atoms in total. The van der Waals surface area contributed by atoms with Crippen molar-refractivity contribution in [3.63, 3.8) is 0 Å². The van der Waals surface area contributed by atoms with Gasteiger partial charge in [-0.3, -0.25) is 14.4 Å². The van der Waals surface area contributed by atoms with Crippen molar-refractivity contribution in [1.29, 1.82) is 0 Å². The van der Waals surface area contributed by atoms with Crippen molar-refractivity contribution in [3.05, 3.63) is 93.4 Å². The molecule has 0 aliphatic rings. The molecule has 1 unspecified atom stereocenters. The summed E-state index contributed by atoms with van der Waals surface area (Å²) < 4.78 is 6.94. The quantitative estimate of drug-likeness (QED) is 0.385. The van der Waals surface area contributed by atoms with Crippen molar-refractivity contribution < 1.29 is 4.74 Å². The Balaban J connectivity index is 2.04. The summed E-state index contributed by atoms with van der Waals surface area (Å²) in [5, 5.41) is 4.57. The highest BCUT2D eigenvalue weighted by Crippen LogP contribution is 2.34. The van der Waals surface area contributed by atoms with Gasteiger partial charge in [-0.15, -0.1) is 0 Å². The molecule has 8 heteroatoms. The molecule has 2 aromatic heterocycles. The SMILES string of the molecule is CN=C(CNC)C(N)(c1ccc(Cl)cc1)c1cnc2c(c1)c(-c1cccc(OC)c1)cc(=O)n2C. The standard InChI is InChI=1S/C27H28ClN5O2/c1-30-16-24(31-2)27(29,18-8-10-20(28)11-9-18)19-13-23-22(17-6-5-7-21(12-17)35-4)14-25(34)33(3)26(23)32-15-19/h5-15,30H,16,29H2,1-4H3. The molecule has 0 fully saturated rings. The number of nitrogens with one attached hydrogen (secondary N) is 1. The number of hydrogen-bond acceptors (Lipinski definition) is 6. The predicted molar refractivity (Wildman–Crippen MR) is 143 cm³/mol. The number of ether oxygens (including phenoxy) is 1. The van der Waals surface area contributed by atoms with Crippen LogP contribution in [0.3, 0.4) is 0 Å². The van der Waals surface area contributed by atoms with Gasteiger partial charge < -0.3 is 15.8 Å². The number of nitrogens with zero attached hydrogens (tertiary/aromatic N) is 3. The highest BCUT2D eigenvalue weighted by atomic mass is 35.5. The van der Waals surface area contributed by atoms with Crippen LogP contribution in [0, 0.1) is 0 Å². The van der Waals surface area contributed by atoms with Crippen molar-refractivity contribution in [2.75, 3.05) is 27.7 Å². The van der Waals surface area contributed by atoms with Crippen molar-refractivity contribution in [2.24, 2.45) is 17.8 Å². The number of benzene rings is 2. The molecule has 0 aliphatic carbocycles. The van der Waals surface area contributed by atoms with E-state index in [1.165, 1.54) is 4.57 Å². The van der Waals surface area contributed by atoms with Crippen LogP contribution in [0.5, 0.6) is 5.75 Å². The third-order valence-electron chi connectivity index (χ3n) is 6.28. The molecule has 2 aromatic carbocycles. The first-order valence-electron chi connectivity index (χ1n) is 11.1. The van der Waals surface area contributed by atoms with Gasteiger partial charge in [-0.1, -0.05) is 35.9 Å². The van der Waals surface area contributed by atoms with Crippen LogP contribution in [0.1, 0.15) is 11.1 Å². The van der Waals surface area contributed by atoms with Gasteiger partial charge in [0, 0.05) is 48.9 Å². The third-order valence-corrected chi connectivity index (χ3v) is 6.53. The Morgan fingerprint density at radius 3 is 2.57 bits per heavy atom. The minimum absolute atomic E-state index is 0.154. The van der Waals surface area contributed by atoms with Gasteiger partial charge in [0.15, 0.2) is 0 Å². The summed E-state index contributed by atoms with van der Waals surface area (Å²) in [6, 6.07) is 18.6. The predicted octanol–water partition coefficient (Wildman–Crippen LogP) is 3.76. The van der Waals surface area contributed by atoms with Crippen LogP contribution in [0.4, 0.5) is 0 Å². The molecule has 3 N–H and O–H groups in total. The Morgan fingerprint density at radius 1 is 1.17 bits per heavy atom. The van der Waals surface area contributed by atoms with E-state index >= 15 is 0 Å². The molecule has 0 bridgehead atoms. The lowest BCUT2D eigenvalue weighted by molar-refractivity contribution is 0.415. The first-order chi connectivity index (χ1) is 16.8. The molecule has 0 amide bonds. The van der Waals surface area contributed by atoms with Crippen LogP contribution in [-0.2, 0) is 12.6 Å². The summed E-state index contributed by atoms with van der Waals surface area (Å²) in [5.41, 5.74) is 10.4. The van der Waals surface area contributed by atoms with E-state index in [1.54, 1.807) is 33.5 Å². The first-order valence-corrected chi connectivity index (χ1v) is 11.5. The number of methoxy groups -OCH3 is 1. The average Bonchev–Trinajstić information content (AvgIpc) is 2.89. The van der Waals surface area contributed by atoms with Crippen LogP contribution in [0.25, 0.3) is 22.2 Å². The molecule has 35 heavy (non-hydrogen) atoms. The van der Waals surface area contributed by atoms with E-state index in [0.717, 1.165) is 33.4 Å². The Kier molecular flexibility index (Phi) is 7.03. The molecule has 0 saturated heterocycles. The third kappa shape index (κ3) is 4.46. The van der Waals surface area contributed by atoms with E-state index < -0.39 is 5.54 Å². The topological polar surface area (TPSA) is 94.5 Å². The number of aryl methyl sites for hydroxylation is 1. The number of rotatable bonds is 7. The molecule has 0 saturated carbocycles. The molecule has 0 radical (unpaired) electrons. The van der Waals surface area contributed by atoms with Gasteiger partial charge in [0.05, 0.1) is 12.8 Å². The number of pyridine rings is 2. The summed E-state index contributed by atoms with van der Waals surface area (Å²) in [7, 11) is 6.90. The van der Waals surface area contributed by atoms with Crippen LogP contribution < -0.4 is 21.3 Å².